The third-order valence-electron chi connectivity index (χ3n) is 4.34. The highest BCUT2D eigenvalue weighted by Crippen LogP contribution is 2.36. The van der Waals surface area contributed by atoms with Crippen molar-refractivity contribution in [3.05, 3.63) is 70.6 Å². The average Bonchev–Trinajstić information content (AvgIpc) is 2.92. The van der Waals surface area contributed by atoms with Gasteiger partial charge in [0.2, 0.25) is 0 Å². The number of imide groups is 1. The summed E-state index contributed by atoms with van der Waals surface area (Å²) in [6.07, 6.45) is 0.652. The number of rotatable bonds is 8. The number of nitrogens with zero attached hydrogens (tertiary/aromatic N) is 1. The smallest absolute Gasteiger partial charge is 0.267 e. The van der Waals surface area contributed by atoms with E-state index in [1.807, 2.05) is 68.4 Å². The van der Waals surface area contributed by atoms with E-state index in [4.69, 9.17) is 4.74 Å². The normalized spacial score (nSPS) is 14.2. The van der Waals surface area contributed by atoms with E-state index >= 15 is 0 Å². The van der Waals surface area contributed by atoms with E-state index in [-0.39, 0.29) is 11.8 Å². The lowest BCUT2D eigenvalue weighted by atomic mass is 10.1. The Kier molecular flexibility index (Phi) is 6.35. The minimum absolute atomic E-state index is 0.188. The summed E-state index contributed by atoms with van der Waals surface area (Å²) < 4.78 is 5.47. The van der Waals surface area contributed by atoms with E-state index in [9.17, 15) is 9.59 Å². The van der Waals surface area contributed by atoms with Crippen LogP contribution in [0.4, 0.5) is 0 Å². The van der Waals surface area contributed by atoms with Crippen LogP contribution in [0.1, 0.15) is 25.0 Å². The van der Waals surface area contributed by atoms with Crippen molar-refractivity contribution >= 4 is 29.1 Å². The maximum absolute atomic E-state index is 13.0. The number of benzene rings is 2. The third kappa shape index (κ3) is 4.25. The van der Waals surface area contributed by atoms with Crippen LogP contribution in [0.15, 0.2) is 59.5 Å². The molecule has 0 radical (unpaired) electrons. The molecular formula is C22H23NO3S. The van der Waals surface area contributed by atoms with Gasteiger partial charge in [-0.2, -0.15) is 0 Å². The van der Waals surface area contributed by atoms with E-state index in [0.717, 1.165) is 22.6 Å². The van der Waals surface area contributed by atoms with E-state index in [1.54, 1.807) is 0 Å². The molecule has 1 aliphatic heterocycles. The van der Waals surface area contributed by atoms with Crippen LogP contribution in [0, 0.1) is 0 Å². The molecule has 0 unspecified atom stereocenters. The predicted molar refractivity (Wildman–Crippen MR) is 110 cm³/mol. The summed E-state index contributed by atoms with van der Waals surface area (Å²) in [5, 5.41) is 0. The Hall–Kier alpha value is -2.53. The van der Waals surface area contributed by atoms with E-state index in [2.05, 4.69) is 0 Å². The number of thioether (sulfide) groups is 1. The van der Waals surface area contributed by atoms with Gasteiger partial charge in [-0.15, -0.1) is 11.8 Å². The molecule has 0 aromatic heterocycles. The Bertz CT molecular complexity index is 844. The van der Waals surface area contributed by atoms with Crippen LogP contribution < -0.4 is 4.74 Å². The Morgan fingerprint density at radius 2 is 1.63 bits per heavy atom. The first kappa shape index (κ1) is 19.2. The molecule has 2 aromatic carbocycles. The molecule has 140 valence electrons. The summed E-state index contributed by atoms with van der Waals surface area (Å²) in [5.74, 6) is 1.09. The molecular weight excluding hydrogens is 358 g/mol. The van der Waals surface area contributed by atoms with Crippen LogP contribution in [-0.2, 0) is 16.0 Å². The molecule has 1 aliphatic rings. The average molecular weight is 381 g/mol. The quantitative estimate of drug-likeness (QED) is 0.644. The van der Waals surface area contributed by atoms with Crippen LogP contribution >= 0.6 is 11.8 Å². The summed E-state index contributed by atoms with van der Waals surface area (Å²) in [4.78, 5) is 27.8. The van der Waals surface area contributed by atoms with Crippen molar-refractivity contribution in [2.24, 2.45) is 0 Å². The highest BCUT2D eigenvalue weighted by molar-refractivity contribution is 8.04. The number of amides is 2. The van der Waals surface area contributed by atoms with Crippen LogP contribution in [-0.4, -0.2) is 35.6 Å². The Morgan fingerprint density at radius 1 is 0.926 bits per heavy atom. The lowest BCUT2D eigenvalue weighted by Gasteiger charge is -2.15. The number of carbonyl (C=O) groups is 2. The lowest BCUT2D eigenvalue weighted by Crippen LogP contribution is -2.33. The predicted octanol–water partition coefficient (Wildman–Crippen LogP) is 4.16. The highest BCUT2D eigenvalue weighted by atomic mass is 32.2. The molecule has 3 rings (SSSR count). The lowest BCUT2D eigenvalue weighted by molar-refractivity contribution is -0.136. The zero-order chi connectivity index (χ0) is 19.2. The van der Waals surface area contributed by atoms with Gasteiger partial charge >= 0.3 is 0 Å². The Morgan fingerprint density at radius 3 is 2.26 bits per heavy atom. The molecule has 27 heavy (non-hydrogen) atoms. The molecule has 0 fully saturated rings. The topological polar surface area (TPSA) is 46.6 Å². The molecule has 0 bridgehead atoms. The third-order valence-corrected chi connectivity index (χ3v) is 5.29. The zero-order valence-electron chi connectivity index (χ0n) is 15.6. The SMILES string of the molecule is CCOc1ccc(C2=C(SCC)C(=O)N(CCc3ccccc3)C2=O)cc1. The maximum Gasteiger partial charge on any atom is 0.267 e. The maximum atomic E-state index is 13.0. The molecule has 4 nitrogen and oxygen atoms in total. The second-order valence-electron chi connectivity index (χ2n) is 6.09. The number of carbonyl (C=O) groups excluding carboxylic acids is 2. The summed E-state index contributed by atoms with van der Waals surface area (Å²) in [6.45, 7) is 4.88. The van der Waals surface area contributed by atoms with Crippen molar-refractivity contribution in [2.75, 3.05) is 18.9 Å². The van der Waals surface area contributed by atoms with Crippen molar-refractivity contribution in [1.29, 1.82) is 0 Å². The molecule has 2 amide bonds. The number of hydrogen-bond donors (Lipinski definition) is 0. The van der Waals surface area contributed by atoms with Crippen molar-refractivity contribution in [3.8, 4) is 5.75 Å². The van der Waals surface area contributed by atoms with Gasteiger partial charge in [-0.1, -0.05) is 49.4 Å². The fourth-order valence-corrected chi connectivity index (χ4v) is 3.93. The van der Waals surface area contributed by atoms with Crippen molar-refractivity contribution in [1.82, 2.24) is 4.90 Å². The molecule has 0 N–H and O–H groups in total. The van der Waals surface area contributed by atoms with Gasteiger partial charge in [0.1, 0.15) is 5.75 Å². The monoisotopic (exact) mass is 381 g/mol. The van der Waals surface area contributed by atoms with Gasteiger partial charge in [0, 0.05) is 6.54 Å². The Balaban J connectivity index is 1.84. The molecule has 0 saturated heterocycles. The summed E-state index contributed by atoms with van der Waals surface area (Å²) >= 11 is 1.43. The van der Waals surface area contributed by atoms with Crippen molar-refractivity contribution in [2.45, 2.75) is 20.3 Å². The standard InChI is InChI=1S/C22H23NO3S/c1-3-26-18-12-10-17(11-13-18)19-20(27-4-2)22(25)23(21(19)24)15-14-16-8-6-5-7-9-16/h5-13H,3-4,14-15H2,1-2H3. The van der Waals surface area contributed by atoms with E-state index < -0.39 is 0 Å². The molecule has 0 saturated carbocycles. The fourth-order valence-electron chi connectivity index (χ4n) is 3.06. The first-order chi connectivity index (χ1) is 13.2. The Labute approximate surface area is 164 Å². The van der Waals surface area contributed by atoms with Gasteiger partial charge in [-0.3, -0.25) is 14.5 Å². The summed E-state index contributed by atoms with van der Waals surface area (Å²) in [7, 11) is 0. The minimum atomic E-state index is -0.212. The van der Waals surface area contributed by atoms with Gasteiger partial charge in [-0.25, -0.2) is 0 Å². The first-order valence-electron chi connectivity index (χ1n) is 9.16. The second kappa shape index (κ2) is 8.91. The molecule has 5 heteroatoms. The fraction of sp³-hybridized carbons (Fsp3) is 0.273. The minimum Gasteiger partial charge on any atom is -0.494 e. The van der Waals surface area contributed by atoms with Crippen molar-refractivity contribution < 1.29 is 14.3 Å². The van der Waals surface area contributed by atoms with E-state index in [1.165, 1.54) is 16.7 Å². The molecule has 0 aliphatic carbocycles. The van der Waals surface area contributed by atoms with Crippen LogP contribution in [0.3, 0.4) is 0 Å². The summed E-state index contributed by atoms with van der Waals surface area (Å²) in [5.41, 5.74) is 2.37. The van der Waals surface area contributed by atoms with Gasteiger partial charge in [0.25, 0.3) is 11.8 Å². The number of hydrogen-bond acceptors (Lipinski definition) is 4. The van der Waals surface area contributed by atoms with E-state index in [0.29, 0.717) is 30.1 Å². The first-order valence-corrected chi connectivity index (χ1v) is 10.1. The second-order valence-corrected chi connectivity index (χ2v) is 7.37. The van der Waals surface area contributed by atoms with Crippen molar-refractivity contribution in [3.63, 3.8) is 0 Å². The molecule has 0 atom stereocenters. The van der Waals surface area contributed by atoms with Crippen LogP contribution in [0.25, 0.3) is 5.57 Å². The van der Waals surface area contributed by atoms with Crippen LogP contribution in [0.5, 0.6) is 5.75 Å². The molecule has 2 aromatic rings. The van der Waals surface area contributed by atoms with Gasteiger partial charge in [0.15, 0.2) is 0 Å². The van der Waals surface area contributed by atoms with Gasteiger partial charge in [0.05, 0.1) is 17.1 Å². The zero-order valence-corrected chi connectivity index (χ0v) is 16.4. The van der Waals surface area contributed by atoms with Crippen LogP contribution in [0.2, 0.25) is 0 Å². The molecule has 0 spiro atoms. The molecule has 1 heterocycles. The summed E-state index contributed by atoms with van der Waals surface area (Å²) in [6, 6.07) is 17.3. The largest absolute Gasteiger partial charge is 0.494 e. The number of ether oxygens (including phenoxy) is 1. The highest BCUT2D eigenvalue weighted by Gasteiger charge is 2.38. The van der Waals surface area contributed by atoms with Gasteiger partial charge in [-0.05, 0) is 42.4 Å². The van der Waals surface area contributed by atoms with Gasteiger partial charge < -0.3 is 4.74 Å².